The standard InChI is InChI=1S/C15H18N2/c1-10-4-7-14(11(2)8-10)15(16)13-6-5-12(3)17-9-13/h4-9,15H,16H2,1-3H3. The lowest BCUT2D eigenvalue weighted by atomic mass is 9.95. The van der Waals surface area contributed by atoms with Crippen molar-refractivity contribution in [3.8, 4) is 0 Å². The van der Waals surface area contributed by atoms with E-state index in [1.807, 2.05) is 25.3 Å². The van der Waals surface area contributed by atoms with Gasteiger partial charge in [-0.25, -0.2) is 0 Å². The summed E-state index contributed by atoms with van der Waals surface area (Å²) in [5.41, 5.74) is 12.0. The van der Waals surface area contributed by atoms with Gasteiger partial charge in [-0.3, -0.25) is 4.98 Å². The number of nitrogens with zero attached hydrogens (tertiary/aromatic N) is 1. The Morgan fingerprint density at radius 2 is 1.82 bits per heavy atom. The Labute approximate surface area is 103 Å². The summed E-state index contributed by atoms with van der Waals surface area (Å²) in [5, 5.41) is 0. The predicted molar refractivity (Wildman–Crippen MR) is 70.9 cm³/mol. The molecule has 2 nitrogen and oxygen atoms in total. The third kappa shape index (κ3) is 2.53. The fourth-order valence-corrected chi connectivity index (χ4v) is 2.02. The zero-order valence-corrected chi connectivity index (χ0v) is 10.6. The van der Waals surface area contributed by atoms with Crippen LogP contribution >= 0.6 is 0 Å². The Bertz CT molecular complexity index is 515. The van der Waals surface area contributed by atoms with E-state index in [2.05, 4.69) is 37.0 Å². The van der Waals surface area contributed by atoms with Crippen molar-refractivity contribution in [1.29, 1.82) is 0 Å². The fourth-order valence-electron chi connectivity index (χ4n) is 2.02. The largest absolute Gasteiger partial charge is 0.320 e. The molecule has 0 radical (unpaired) electrons. The Morgan fingerprint density at radius 1 is 1.06 bits per heavy atom. The molecule has 88 valence electrons. The van der Waals surface area contributed by atoms with Crippen LogP contribution in [0.1, 0.15) is 34.0 Å². The van der Waals surface area contributed by atoms with Gasteiger partial charge >= 0.3 is 0 Å². The highest BCUT2D eigenvalue weighted by molar-refractivity contribution is 5.37. The molecule has 0 aliphatic heterocycles. The average molecular weight is 226 g/mol. The van der Waals surface area contributed by atoms with Crippen molar-refractivity contribution in [2.24, 2.45) is 5.73 Å². The summed E-state index contributed by atoms with van der Waals surface area (Å²) >= 11 is 0. The molecule has 0 aliphatic carbocycles. The van der Waals surface area contributed by atoms with Gasteiger partial charge in [-0.1, -0.05) is 29.8 Å². The molecule has 0 aliphatic rings. The molecular weight excluding hydrogens is 208 g/mol. The van der Waals surface area contributed by atoms with Crippen molar-refractivity contribution in [2.45, 2.75) is 26.8 Å². The Morgan fingerprint density at radius 3 is 2.41 bits per heavy atom. The molecule has 1 aromatic heterocycles. The van der Waals surface area contributed by atoms with Crippen molar-refractivity contribution in [3.63, 3.8) is 0 Å². The van der Waals surface area contributed by atoms with E-state index in [0.29, 0.717) is 0 Å². The van der Waals surface area contributed by atoms with Crippen molar-refractivity contribution in [1.82, 2.24) is 4.98 Å². The lowest BCUT2D eigenvalue weighted by molar-refractivity contribution is 0.850. The maximum Gasteiger partial charge on any atom is 0.0569 e. The number of hydrogen-bond acceptors (Lipinski definition) is 2. The molecular formula is C15H18N2. The van der Waals surface area contributed by atoms with Crippen LogP contribution in [0.25, 0.3) is 0 Å². The van der Waals surface area contributed by atoms with Crippen molar-refractivity contribution in [3.05, 3.63) is 64.5 Å². The van der Waals surface area contributed by atoms with Crippen molar-refractivity contribution in [2.75, 3.05) is 0 Å². The zero-order valence-electron chi connectivity index (χ0n) is 10.6. The Kier molecular flexibility index (Phi) is 3.25. The van der Waals surface area contributed by atoms with E-state index in [-0.39, 0.29) is 6.04 Å². The van der Waals surface area contributed by atoms with Crippen LogP contribution in [0, 0.1) is 20.8 Å². The van der Waals surface area contributed by atoms with E-state index >= 15 is 0 Å². The highest BCUT2D eigenvalue weighted by Gasteiger charge is 2.11. The molecule has 1 aromatic carbocycles. The SMILES string of the molecule is Cc1ccc(C(N)c2ccc(C)nc2)c(C)c1. The molecule has 1 unspecified atom stereocenters. The number of aryl methyl sites for hydroxylation is 3. The van der Waals surface area contributed by atoms with Crippen molar-refractivity contribution < 1.29 is 0 Å². The smallest absolute Gasteiger partial charge is 0.0569 e. The molecule has 2 rings (SSSR count). The van der Waals surface area contributed by atoms with Crippen LogP contribution in [0.2, 0.25) is 0 Å². The molecule has 2 aromatic rings. The van der Waals surface area contributed by atoms with Crippen LogP contribution in [0.5, 0.6) is 0 Å². The van der Waals surface area contributed by atoms with Gasteiger partial charge in [-0.2, -0.15) is 0 Å². The van der Waals surface area contributed by atoms with Gasteiger partial charge in [-0.15, -0.1) is 0 Å². The third-order valence-corrected chi connectivity index (χ3v) is 3.05. The monoisotopic (exact) mass is 226 g/mol. The van der Waals surface area contributed by atoms with E-state index in [9.17, 15) is 0 Å². The minimum atomic E-state index is -0.0938. The van der Waals surface area contributed by atoms with Gasteiger partial charge in [-0.05, 0) is 43.5 Å². The lowest BCUT2D eigenvalue weighted by Crippen LogP contribution is -2.13. The lowest BCUT2D eigenvalue weighted by Gasteiger charge is -2.15. The van der Waals surface area contributed by atoms with E-state index in [1.54, 1.807) is 0 Å². The number of aromatic nitrogens is 1. The summed E-state index contributed by atoms with van der Waals surface area (Å²) in [7, 11) is 0. The van der Waals surface area contributed by atoms with Crippen LogP contribution in [-0.4, -0.2) is 4.98 Å². The summed E-state index contributed by atoms with van der Waals surface area (Å²) in [6.45, 7) is 6.17. The van der Waals surface area contributed by atoms with Gasteiger partial charge in [0.15, 0.2) is 0 Å². The second kappa shape index (κ2) is 4.68. The summed E-state index contributed by atoms with van der Waals surface area (Å²) in [4.78, 5) is 4.29. The van der Waals surface area contributed by atoms with Gasteiger partial charge < -0.3 is 5.73 Å². The zero-order chi connectivity index (χ0) is 12.4. The highest BCUT2D eigenvalue weighted by Crippen LogP contribution is 2.22. The topological polar surface area (TPSA) is 38.9 Å². The summed E-state index contributed by atoms with van der Waals surface area (Å²) in [6, 6.07) is 10.3. The maximum atomic E-state index is 6.28. The van der Waals surface area contributed by atoms with E-state index in [0.717, 1.165) is 11.3 Å². The first-order chi connectivity index (χ1) is 8.08. The van der Waals surface area contributed by atoms with Crippen LogP contribution < -0.4 is 5.73 Å². The third-order valence-electron chi connectivity index (χ3n) is 3.05. The van der Waals surface area contributed by atoms with E-state index < -0.39 is 0 Å². The second-order valence-corrected chi connectivity index (χ2v) is 4.57. The van der Waals surface area contributed by atoms with Crippen LogP contribution in [0.3, 0.4) is 0 Å². The number of rotatable bonds is 2. The first kappa shape index (κ1) is 11.8. The van der Waals surface area contributed by atoms with Crippen LogP contribution in [0.4, 0.5) is 0 Å². The molecule has 0 fully saturated rings. The quantitative estimate of drug-likeness (QED) is 0.854. The number of hydrogen-bond donors (Lipinski definition) is 1. The van der Waals surface area contributed by atoms with Crippen molar-refractivity contribution >= 4 is 0 Å². The summed E-state index contributed by atoms with van der Waals surface area (Å²) < 4.78 is 0. The van der Waals surface area contributed by atoms with Gasteiger partial charge in [0.05, 0.1) is 6.04 Å². The molecule has 1 atom stereocenters. The first-order valence-electron chi connectivity index (χ1n) is 5.83. The normalized spacial score (nSPS) is 12.5. The second-order valence-electron chi connectivity index (χ2n) is 4.57. The molecule has 0 spiro atoms. The van der Waals surface area contributed by atoms with Gasteiger partial charge in [0.1, 0.15) is 0 Å². The Hall–Kier alpha value is -1.67. The molecule has 2 heteroatoms. The minimum Gasteiger partial charge on any atom is -0.320 e. The molecule has 0 bridgehead atoms. The summed E-state index contributed by atoms with van der Waals surface area (Å²) in [6.07, 6.45) is 1.86. The fraction of sp³-hybridized carbons (Fsp3) is 0.267. The van der Waals surface area contributed by atoms with Gasteiger partial charge in [0.25, 0.3) is 0 Å². The van der Waals surface area contributed by atoms with Crippen LogP contribution in [0.15, 0.2) is 36.5 Å². The molecule has 1 heterocycles. The number of benzene rings is 1. The average Bonchev–Trinajstić information content (AvgIpc) is 2.29. The highest BCUT2D eigenvalue weighted by atomic mass is 14.7. The molecule has 17 heavy (non-hydrogen) atoms. The molecule has 0 amide bonds. The molecule has 0 saturated heterocycles. The summed E-state index contributed by atoms with van der Waals surface area (Å²) in [5.74, 6) is 0. The molecule has 2 N–H and O–H groups in total. The van der Waals surface area contributed by atoms with Gasteiger partial charge in [0.2, 0.25) is 0 Å². The minimum absolute atomic E-state index is 0.0938. The van der Waals surface area contributed by atoms with Gasteiger partial charge in [0, 0.05) is 11.9 Å². The number of pyridine rings is 1. The predicted octanol–water partition coefficient (Wildman–Crippen LogP) is 3.05. The Balaban J connectivity index is 2.36. The first-order valence-corrected chi connectivity index (χ1v) is 5.83. The maximum absolute atomic E-state index is 6.28. The van der Waals surface area contributed by atoms with Crippen LogP contribution in [-0.2, 0) is 0 Å². The van der Waals surface area contributed by atoms with E-state index in [1.165, 1.54) is 16.7 Å². The number of nitrogens with two attached hydrogens (primary N) is 1. The molecule has 0 saturated carbocycles. The van der Waals surface area contributed by atoms with E-state index in [4.69, 9.17) is 5.73 Å².